The zero-order valence-corrected chi connectivity index (χ0v) is 20.9. The zero-order valence-electron chi connectivity index (χ0n) is 20.1. The number of allylic oxidation sites excluding steroid dienone is 3. The van der Waals surface area contributed by atoms with Crippen LogP contribution >= 0.6 is 11.6 Å². The Morgan fingerprint density at radius 3 is 2.76 bits per heavy atom. The fourth-order valence-corrected chi connectivity index (χ4v) is 4.03. The summed E-state index contributed by atoms with van der Waals surface area (Å²) in [4.78, 5) is 21.3. The summed E-state index contributed by atoms with van der Waals surface area (Å²) in [5, 5.41) is 6.41. The number of nitrogens with zero attached hydrogens (tertiary/aromatic N) is 3. The molecule has 0 spiro atoms. The van der Waals surface area contributed by atoms with E-state index >= 15 is 0 Å². The quantitative estimate of drug-likeness (QED) is 0.367. The van der Waals surface area contributed by atoms with Crippen molar-refractivity contribution >= 4 is 28.4 Å². The molecule has 1 unspecified atom stereocenters. The van der Waals surface area contributed by atoms with Crippen molar-refractivity contribution in [3.8, 4) is 5.69 Å². The molecule has 1 amide bonds. The van der Waals surface area contributed by atoms with E-state index in [1.165, 1.54) is 29.4 Å². The third kappa shape index (κ3) is 6.89. The number of carbonyl (C=O) groups is 1. The van der Waals surface area contributed by atoms with Crippen LogP contribution in [0.3, 0.4) is 0 Å². The second-order valence-corrected chi connectivity index (χ2v) is 9.17. The van der Waals surface area contributed by atoms with Gasteiger partial charge in [0, 0.05) is 29.3 Å². The molecule has 37 heavy (non-hydrogen) atoms. The molecular formula is C27H25ClF3N5O. The molecule has 2 N–H and O–H groups in total. The normalized spacial score (nSPS) is 20.4. The van der Waals surface area contributed by atoms with Crippen LogP contribution in [-0.2, 0) is 6.18 Å². The number of amides is 1. The molecule has 1 aliphatic rings. The van der Waals surface area contributed by atoms with Crippen LogP contribution < -0.4 is 10.6 Å². The number of benzene rings is 2. The standard InChI is InChI=1S/C27H25ClF3N5O/c1-17-5-3-8-24(28)35-25(11-17)33-18(2)19-6-4-7-22(13-19)34-26(37)20-12-21(27(29,30)31)15-23(14-20)36-10-9-32-16-36/h3-4,6-18,33H,5H2,1-2H3,(H,34,37)/b8-3+,25-11-,35-24-/t17?,18-/m0/s1. The molecule has 10 heteroatoms. The van der Waals surface area contributed by atoms with Gasteiger partial charge in [-0.1, -0.05) is 36.7 Å². The number of imidazole rings is 1. The number of rotatable bonds is 6. The van der Waals surface area contributed by atoms with Gasteiger partial charge in [-0.3, -0.25) is 4.79 Å². The van der Waals surface area contributed by atoms with Crippen LogP contribution in [0.4, 0.5) is 18.9 Å². The molecule has 0 fully saturated rings. The Bertz CT molecular complexity index is 1360. The fraction of sp³-hybridized carbons (Fsp3) is 0.222. The van der Waals surface area contributed by atoms with Crippen molar-refractivity contribution in [2.45, 2.75) is 32.5 Å². The summed E-state index contributed by atoms with van der Waals surface area (Å²) in [6.45, 7) is 4.02. The van der Waals surface area contributed by atoms with Gasteiger partial charge in [0.2, 0.25) is 0 Å². The van der Waals surface area contributed by atoms with Crippen LogP contribution in [0.2, 0.25) is 0 Å². The summed E-state index contributed by atoms with van der Waals surface area (Å²) in [7, 11) is 0. The van der Waals surface area contributed by atoms with Crippen LogP contribution in [-0.4, -0.2) is 20.6 Å². The smallest absolute Gasteiger partial charge is 0.364 e. The van der Waals surface area contributed by atoms with E-state index < -0.39 is 17.6 Å². The number of aromatic nitrogens is 2. The van der Waals surface area contributed by atoms with Gasteiger partial charge in [0.1, 0.15) is 11.0 Å². The number of hydrogen-bond donors (Lipinski definition) is 2. The van der Waals surface area contributed by atoms with Gasteiger partial charge < -0.3 is 15.2 Å². The molecule has 1 aromatic heterocycles. The predicted molar refractivity (Wildman–Crippen MR) is 139 cm³/mol. The lowest BCUT2D eigenvalue weighted by Crippen LogP contribution is -2.19. The largest absolute Gasteiger partial charge is 0.416 e. The molecule has 1 aliphatic heterocycles. The maximum absolute atomic E-state index is 13.5. The molecule has 3 aromatic rings. The highest BCUT2D eigenvalue weighted by molar-refractivity contribution is 6.68. The van der Waals surface area contributed by atoms with E-state index in [2.05, 4.69) is 27.5 Å². The summed E-state index contributed by atoms with van der Waals surface area (Å²) in [6.07, 6.45) is 6.29. The Kier molecular flexibility index (Phi) is 7.83. The summed E-state index contributed by atoms with van der Waals surface area (Å²) in [5.74, 6) is 0.245. The van der Waals surface area contributed by atoms with E-state index in [1.807, 2.05) is 25.1 Å². The number of aliphatic imine (C=N–C) groups is 1. The molecule has 0 saturated heterocycles. The molecular weight excluding hydrogens is 503 g/mol. The molecule has 0 radical (unpaired) electrons. The van der Waals surface area contributed by atoms with Crippen LogP contribution in [0.15, 0.2) is 90.2 Å². The molecule has 2 heterocycles. The van der Waals surface area contributed by atoms with Crippen molar-refractivity contribution in [3.63, 3.8) is 0 Å². The highest BCUT2D eigenvalue weighted by Gasteiger charge is 2.32. The van der Waals surface area contributed by atoms with Gasteiger partial charge in [0.25, 0.3) is 5.91 Å². The van der Waals surface area contributed by atoms with E-state index in [0.717, 1.165) is 24.1 Å². The Morgan fingerprint density at radius 2 is 2.03 bits per heavy atom. The minimum absolute atomic E-state index is 0.124. The van der Waals surface area contributed by atoms with Gasteiger partial charge in [0.15, 0.2) is 0 Å². The zero-order chi connectivity index (χ0) is 26.6. The van der Waals surface area contributed by atoms with Crippen molar-refractivity contribution in [1.82, 2.24) is 14.9 Å². The molecule has 192 valence electrons. The summed E-state index contributed by atoms with van der Waals surface area (Å²) < 4.78 is 42.0. The third-order valence-corrected chi connectivity index (χ3v) is 5.96. The van der Waals surface area contributed by atoms with Gasteiger partial charge in [-0.2, -0.15) is 13.2 Å². The summed E-state index contributed by atoms with van der Waals surface area (Å²) >= 11 is 6.15. The van der Waals surface area contributed by atoms with Crippen molar-refractivity contribution < 1.29 is 18.0 Å². The van der Waals surface area contributed by atoms with E-state index in [1.54, 1.807) is 24.3 Å². The number of hydrogen-bond acceptors (Lipinski definition) is 4. The minimum atomic E-state index is -4.61. The lowest BCUT2D eigenvalue weighted by atomic mass is 10.0. The van der Waals surface area contributed by atoms with Gasteiger partial charge in [-0.15, -0.1) is 0 Å². The Labute approximate surface area is 217 Å². The second kappa shape index (κ2) is 11.0. The number of carbonyl (C=O) groups excluding carboxylic acids is 1. The van der Waals surface area contributed by atoms with E-state index in [0.29, 0.717) is 16.7 Å². The number of halogens is 4. The maximum atomic E-state index is 13.5. The molecule has 4 rings (SSSR count). The number of anilines is 1. The Hall–Kier alpha value is -3.85. The first-order valence-electron chi connectivity index (χ1n) is 11.6. The third-order valence-electron chi connectivity index (χ3n) is 5.75. The molecule has 0 saturated carbocycles. The van der Waals surface area contributed by atoms with Crippen molar-refractivity contribution in [1.29, 1.82) is 0 Å². The highest BCUT2D eigenvalue weighted by atomic mass is 35.5. The molecule has 0 bridgehead atoms. The maximum Gasteiger partial charge on any atom is 0.416 e. The molecule has 2 atom stereocenters. The van der Waals surface area contributed by atoms with Gasteiger partial charge >= 0.3 is 6.18 Å². The van der Waals surface area contributed by atoms with E-state index in [9.17, 15) is 18.0 Å². The molecule has 6 nitrogen and oxygen atoms in total. The van der Waals surface area contributed by atoms with Gasteiger partial charge in [-0.25, -0.2) is 9.98 Å². The van der Waals surface area contributed by atoms with Crippen LogP contribution in [0.5, 0.6) is 0 Å². The van der Waals surface area contributed by atoms with Crippen LogP contribution in [0.25, 0.3) is 5.69 Å². The number of nitrogens with one attached hydrogen (secondary N) is 2. The first kappa shape index (κ1) is 26.2. The molecule has 0 aliphatic carbocycles. The van der Waals surface area contributed by atoms with E-state index in [-0.39, 0.29) is 23.2 Å². The average molecular weight is 528 g/mol. The van der Waals surface area contributed by atoms with Crippen LogP contribution in [0.1, 0.15) is 47.8 Å². The van der Waals surface area contributed by atoms with Crippen molar-refractivity contribution in [3.05, 3.63) is 102 Å². The lowest BCUT2D eigenvalue weighted by molar-refractivity contribution is -0.137. The summed E-state index contributed by atoms with van der Waals surface area (Å²) in [6, 6.07) is 10.1. The van der Waals surface area contributed by atoms with Gasteiger partial charge in [-0.05, 0) is 67.3 Å². The van der Waals surface area contributed by atoms with Crippen molar-refractivity contribution in [2.24, 2.45) is 10.9 Å². The number of alkyl halides is 3. The lowest BCUT2D eigenvalue weighted by Gasteiger charge is -2.19. The fourth-order valence-electron chi connectivity index (χ4n) is 3.85. The first-order chi connectivity index (χ1) is 17.6. The SMILES string of the molecule is CC1\C=C(N[C@@H](C)c2cccc(NC(=O)c3cc(-n4ccnc4)cc(C(F)(F)F)c3)c2)/N=C(Cl)/C=C/C1. The highest BCUT2D eigenvalue weighted by Crippen LogP contribution is 2.32. The summed E-state index contributed by atoms with van der Waals surface area (Å²) in [5.41, 5.74) is 0.424. The average Bonchev–Trinajstić information content (AvgIpc) is 3.37. The Morgan fingerprint density at radius 1 is 1.22 bits per heavy atom. The molecule has 2 aromatic carbocycles. The topological polar surface area (TPSA) is 71.3 Å². The second-order valence-electron chi connectivity index (χ2n) is 8.78. The van der Waals surface area contributed by atoms with Crippen molar-refractivity contribution in [2.75, 3.05) is 5.32 Å². The van der Waals surface area contributed by atoms with Crippen LogP contribution in [0, 0.1) is 5.92 Å². The monoisotopic (exact) mass is 527 g/mol. The van der Waals surface area contributed by atoms with Gasteiger partial charge in [0.05, 0.1) is 17.9 Å². The Balaban J connectivity index is 1.55. The first-order valence-corrected chi connectivity index (χ1v) is 12.0. The minimum Gasteiger partial charge on any atom is -0.364 e. The van der Waals surface area contributed by atoms with E-state index in [4.69, 9.17) is 11.6 Å². The predicted octanol–water partition coefficient (Wildman–Crippen LogP) is 6.87.